The SMILES string of the molecule is CN(C)Cc1ccc(-c2cn[nH]c2)c(CO)c1.Cl. The molecule has 0 amide bonds. The lowest BCUT2D eigenvalue weighted by Crippen LogP contribution is -2.10. The average molecular weight is 268 g/mol. The molecule has 1 heterocycles. The Hall–Kier alpha value is -1.36. The van der Waals surface area contributed by atoms with Crippen LogP contribution in [0.3, 0.4) is 0 Å². The quantitative estimate of drug-likeness (QED) is 0.892. The molecule has 4 nitrogen and oxygen atoms in total. The van der Waals surface area contributed by atoms with Gasteiger partial charge < -0.3 is 10.0 Å². The van der Waals surface area contributed by atoms with E-state index in [9.17, 15) is 5.11 Å². The first-order valence-corrected chi connectivity index (χ1v) is 5.57. The summed E-state index contributed by atoms with van der Waals surface area (Å²) >= 11 is 0. The summed E-state index contributed by atoms with van der Waals surface area (Å²) in [7, 11) is 4.06. The van der Waals surface area contributed by atoms with Crippen molar-refractivity contribution in [3.63, 3.8) is 0 Å². The largest absolute Gasteiger partial charge is 0.392 e. The summed E-state index contributed by atoms with van der Waals surface area (Å²) in [6, 6.07) is 6.17. The molecule has 0 saturated heterocycles. The van der Waals surface area contributed by atoms with Gasteiger partial charge in [-0.25, -0.2) is 0 Å². The predicted octanol–water partition coefficient (Wildman–Crippen LogP) is 2.05. The Bertz CT molecular complexity index is 483. The van der Waals surface area contributed by atoms with Crippen LogP contribution in [0, 0.1) is 0 Å². The number of benzene rings is 1. The van der Waals surface area contributed by atoms with Crippen LogP contribution < -0.4 is 0 Å². The molecule has 0 atom stereocenters. The minimum atomic E-state index is 0. The Balaban J connectivity index is 0.00000162. The molecule has 2 aromatic rings. The van der Waals surface area contributed by atoms with Crippen LogP contribution in [0.2, 0.25) is 0 Å². The molecule has 0 aliphatic heterocycles. The van der Waals surface area contributed by atoms with Crippen molar-refractivity contribution in [2.75, 3.05) is 14.1 Å². The molecule has 0 aliphatic rings. The first kappa shape index (κ1) is 14.7. The fraction of sp³-hybridized carbons (Fsp3) is 0.308. The number of aromatic nitrogens is 2. The van der Waals surface area contributed by atoms with Gasteiger partial charge in [-0.1, -0.05) is 18.2 Å². The molecular formula is C13H18ClN3O. The van der Waals surface area contributed by atoms with E-state index in [1.807, 2.05) is 32.4 Å². The third-order valence-electron chi connectivity index (χ3n) is 2.65. The Morgan fingerprint density at radius 3 is 2.67 bits per heavy atom. The van der Waals surface area contributed by atoms with Gasteiger partial charge in [-0.2, -0.15) is 5.10 Å². The Morgan fingerprint density at radius 1 is 1.33 bits per heavy atom. The Labute approximate surface area is 113 Å². The van der Waals surface area contributed by atoms with Crippen LogP contribution in [-0.4, -0.2) is 34.3 Å². The van der Waals surface area contributed by atoms with Crippen molar-refractivity contribution in [2.24, 2.45) is 0 Å². The molecule has 18 heavy (non-hydrogen) atoms. The van der Waals surface area contributed by atoms with Crippen LogP contribution in [0.1, 0.15) is 11.1 Å². The summed E-state index contributed by atoms with van der Waals surface area (Å²) in [6.45, 7) is 0.917. The molecule has 0 unspecified atom stereocenters. The number of hydrogen-bond acceptors (Lipinski definition) is 3. The zero-order chi connectivity index (χ0) is 12.3. The second kappa shape index (κ2) is 6.54. The van der Waals surface area contributed by atoms with Crippen LogP contribution in [0.25, 0.3) is 11.1 Å². The van der Waals surface area contributed by atoms with E-state index in [-0.39, 0.29) is 19.0 Å². The van der Waals surface area contributed by atoms with Gasteiger partial charge in [-0.3, -0.25) is 5.10 Å². The van der Waals surface area contributed by atoms with Gasteiger partial charge in [0.2, 0.25) is 0 Å². The number of aliphatic hydroxyl groups is 1. The van der Waals surface area contributed by atoms with E-state index in [4.69, 9.17) is 0 Å². The lowest BCUT2D eigenvalue weighted by molar-refractivity contribution is 0.282. The molecule has 2 N–H and O–H groups in total. The average Bonchev–Trinajstić information content (AvgIpc) is 2.81. The number of nitrogens with one attached hydrogen (secondary N) is 1. The minimum Gasteiger partial charge on any atom is -0.392 e. The van der Waals surface area contributed by atoms with Crippen LogP contribution in [0.15, 0.2) is 30.6 Å². The first-order valence-electron chi connectivity index (χ1n) is 5.57. The van der Waals surface area contributed by atoms with Gasteiger partial charge in [0.1, 0.15) is 0 Å². The highest BCUT2D eigenvalue weighted by atomic mass is 35.5. The topological polar surface area (TPSA) is 52.2 Å². The maximum atomic E-state index is 9.43. The van der Waals surface area contributed by atoms with Gasteiger partial charge >= 0.3 is 0 Å². The van der Waals surface area contributed by atoms with Gasteiger partial charge in [0.05, 0.1) is 12.8 Å². The molecule has 0 radical (unpaired) electrons. The normalized spacial score (nSPS) is 10.4. The number of rotatable bonds is 4. The second-order valence-corrected chi connectivity index (χ2v) is 4.37. The molecule has 0 fully saturated rings. The van der Waals surface area contributed by atoms with Gasteiger partial charge in [-0.05, 0) is 30.8 Å². The minimum absolute atomic E-state index is 0. The predicted molar refractivity (Wildman–Crippen MR) is 74.6 cm³/mol. The van der Waals surface area contributed by atoms with Crippen LogP contribution >= 0.6 is 12.4 Å². The van der Waals surface area contributed by atoms with E-state index in [2.05, 4.69) is 21.2 Å². The molecule has 0 bridgehead atoms. The van der Waals surface area contributed by atoms with E-state index in [1.54, 1.807) is 6.20 Å². The Kier molecular flexibility index (Phi) is 5.34. The summed E-state index contributed by atoms with van der Waals surface area (Å²) in [5, 5.41) is 16.1. The van der Waals surface area contributed by atoms with Crippen molar-refractivity contribution in [2.45, 2.75) is 13.2 Å². The molecule has 1 aromatic heterocycles. The van der Waals surface area contributed by atoms with Crippen LogP contribution in [0.4, 0.5) is 0 Å². The maximum Gasteiger partial charge on any atom is 0.0688 e. The smallest absolute Gasteiger partial charge is 0.0688 e. The fourth-order valence-electron chi connectivity index (χ4n) is 1.92. The van der Waals surface area contributed by atoms with Crippen molar-refractivity contribution in [1.29, 1.82) is 0 Å². The molecule has 2 rings (SSSR count). The second-order valence-electron chi connectivity index (χ2n) is 4.37. The number of aromatic amines is 1. The molecule has 0 saturated carbocycles. The van der Waals surface area contributed by atoms with Crippen molar-refractivity contribution < 1.29 is 5.11 Å². The molecular weight excluding hydrogens is 250 g/mol. The highest BCUT2D eigenvalue weighted by Crippen LogP contribution is 2.24. The van der Waals surface area contributed by atoms with Crippen LogP contribution in [0.5, 0.6) is 0 Å². The molecule has 0 spiro atoms. The van der Waals surface area contributed by atoms with Crippen LogP contribution in [-0.2, 0) is 13.2 Å². The van der Waals surface area contributed by atoms with Crippen molar-refractivity contribution in [3.8, 4) is 11.1 Å². The van der Waals surface area contributed by atoms with Crippen molar-refractivity contribution >= 4 is 12.4 Å². The van der Waals surface area contributed by atoms with E-state index in [0.29, 0.717) is 0 Å². The number of aliphatic hydroxyl groups excluding tert-OH is 1. The van der Waals surface area contributed by atoms with Gasteiger partial charge in [0.15, 0.2) is 0 Å². The van der Waals surface area contributed by atoms with Crippen molar-refractivity contribution in [1.82, 2.24) is 15.1 Å². The molecule has 1 aromatic carbocycles. The summed E-state index contributed by atoms with van der Waals surface area (Å²) in [5.74, 6) is 0. The van der Waals surface area contributed by atoms with E-state index in [1.165, 1.54) is 5.56 Å². The van der Waals surface area contributed by atoms with Gasteiger partial charge in [0, 0.05) is 18.3 Å². The van der Waals surface area contributed by atoms with E-state index in [0.717, 1.165) is 23.2 Å². The summed E-state index contributed by atoms with van der Waals surface area (Å²) in [4.78, 5) is 2.11. The highest BCUT2D eigenvalue weighted by molar-refractivity contribution is 5.85. The molecule has 5 heteroatoms. The lowest BCUT2D eigenvalue weighted by atomic mass is 10.00. The third-order valence-corrected chi connectivity index (χ3v) is 2.65. The zero-order valence-corrected chi connectivity index (χ0v) is 11.4. The highest BCUT2D eigenvalue weighted by Gasteiger charge is 2.07. The Morgan fingerprint density at radius 2 is 2.11 bits per heavy atom. The third kappa shape index (κ3) is 3.32. The monoisotopic (exact) mass is 267 g/mol. The summed E-state index contributed by atoms with van der Waals surface area (Å²) in [5.41, 5.74) is 4.17. The van der Waals surface area contributed by atoms with E-state index < -0.39 is 0 Å². The zero-order valence-electron chi connectivity index (χ0n) is 10.6. The molecule has 98 valence electrons. The summed E-state index contributed by atoms with van der Waals surface area (Å²) < 4.78 is 0. The number of nitrogens with zero attached hydrogens (tertiary/aromatic N) is 2. The maximum absolute atomic E-state index is 9.43. The lowest BCUT2D eigenvalue weighted by Gasteiger charge is -2.12. The number of hydrogen-bond donors (Lipinski definition) is 2. The number of H-pyrrole nitrogens is 1. The number of halogens is 1. The van der Waals surface area contributed by atoms with Crippen molar-refractivity contribution in [3.05, 3.63) is 41.7 Å². The fourth-order valence-corrected chi connectivity index (χ4v) is 1.92. The van der Waals surface area contributed by atoms with Gasteiger partial charge in [-0.15, -0.1) is 12.4 Å². The standard InChI is InChI=1S/C13H17N3O.ClH/c1-16(2)8-10-3-4-13(11(5-10)9-17)12-6-14-15-7-12;/h3-7,17H,8-9H2,1-2H3,(H,14,15);1H. The first-order chi connectivity index (χ1) is 8.20. The molecule has 0 aliphatic carbocycles. The van der Waals surface area contributed by atoms with E-state index >= 15 is 0 Å². The summed E-state index contributed by atoms with van der Waals surface area (Å²) in [6.07, 6.45) is 3.60. The van der Waals surface area contributed by atoms with Gasteiger partial charge in [0.25, 0.3) is 0 Å².